The third-order valence-electron chi connectivity index (χ3n) is 6.45. The van der Waals surface area contributed by atoms with Crippen molar-refractivity contribution in [2.24, 2.45) is 0 Å². The molecule has 0 atom stereocenters. The molecule has 0 aliphatic carbocycles. The molecule has 0 unspecified atom stereocenters. The molecule has 0 saturated carbocycles. The molecule has 1 heterocycles. The lowest BCUT2D eigenvalue weighted by Gasteiger charge is -2.12. The molecule has 1 N–H and O–H groups in total. The van der Waals surface area contributed by atoms with Gasteiger partial charge in [-0.2, -0.15) is 0 Å². The molecule has 188 valence electrons. The minimum Gasteiger partial charge on any atom is -0.494 e. The molecule has 0 fully saturated rings. The highest BCUT2D eigenvalue weighted by Crippen LogP contribution is 2.26. The second-order valence-electron chi connectivity index (χ2n) is 9.30. The average molecular weight is 504 g/mol. The predicted molar refractivity (Wildman–Crippen MR) is 147 cm³/mol. The van der Waals surface area contributed by atoms with Crippen LogP contribution < -0.4 is 10.1 Å². The van der Waals surface area contributed by atoms with Gasteiger partial charge in [-0.3, -0.25) is 4.79 Å². The Hall–Kier alpha value is -3.31. The van der Waals surface area contributed by atoms with Crippen molar-refractivity contribution in [2.45, 2.75) is 53.0 Å². The molecule has 0 bridgehead atoms. The molecular formula is C30H34ClN3O2. The normalized spacial score (nSPS) is 11.1. The Labute approximate surface area is 218 Å². The summed E-state index contributed by atoms with van der Waals surface area (Å²) < 4.78 is 8.30. The number of amides is 1. The van der Waals surface area contributed by atoms with Crippen molar-refractivity contribution in [3.8, 4) is 5.75 Å². The maximum atomic E-state index is 12.4. The van der Waals surface area contributed by atoms with Gasteiger partial charge in [-0.15, -0.1) is 0 Å². The molecule has 0 radical (unpaired) electrons. The van der Waals surface area contributed by atoms with E-state index in [9.17, 15) is 4.79 Å². The van der Waals surface area contributed by atoms with Crippen LogP contribution in [-0.2, 0) is 24.2 Å². The molecule has 3 aromatic carbocycles. The SMILES string of the molecule is Cc1ccccc1CC(=O)NCCCc1nc2ccccc2n1CCCOc1cc(C)c(Cl)c(C)c1. The summed E-state index contributed by atoms with van der Waals surface area (Å²) in [5, 5.41) is 3.85. The van der Waals surface area contributed by atoms with E-state index in [1.54, 1.807) is 0 Å². The number of nitrogens with one attached hydrogen (secondary N) is 1. The Bertz CT molecular complexity index is 1320. The van der Waals surface area contributed by atoms with E-state index in [1.165, 1.54) is 0 Å². The number of aryl methyl sites for hydroxylation is 5. The van der Waals surface area contributed by atoms with Gasteiger partial charge in [0.25, 0.3) is 0 Å². The summed E-state index contributed by atoms with van der Waals surface area (Å²) in [4.78, 5) is 17.3. The number of hydrogen-bond acceptors (Lipinski definition) is 3. The third-order valence-corrected chi connectivity index (χ3v) is 7.05. The van der Waals surface area contributed by atoms with E-state index in [0.29, 0.717) is 19.6 Å². The third kappa shape index (κ3) is 6.46. The van der Waals surface area contributed by atoms with Crippen molar-refractivity contribution < 1.29 is 9.53 Å². The second-order valence-corrected chi connectivity index (χ2v) is 9.68. The maximum absolute atomic E-state index is 12.4. The first-order valence-corrected chi connectivity index (χ1v) is 12.9. The smallest absolute Gasteiger partial charge is 0.224 e. The van der Waals surface area contributed by atoms with Crippen molar-refractivity contribution in [1.29, 1.82) is 0 Å². The van der Waals surface area contributed by atoms with Crippen LogP contribution in [0.2, 0.25) is 5.02 Å². The Morgan fingerprint density at radius 1 is 0.972 bits per heavy atom. The highest BCUT2D eigenvalue weighted by molar-refractivity contribution is 6.32. The fraction of sp³-hybridized carbons (Fsp3) is 0.333. The Morgan fingerprint density at radius 3 is 2.47 bits per heavy atom. The van der Waals surface area contributed by atoms with Crippen LogP contribution in [-0.4, -0.2) is 28.6 Å². The zero-order valence-corrected chi connectivity index (χ0v) is 22.1. The first-order chi connectivity index (χ1) is 17.4. The number of imidazole rings is 1. The van der Waals surface area contributed by atoms with Gasteiger partial charge in [0, 0.05) is 24.5 Å². The van der Waals surface area contributed by atoms with E-state index < -0.39 is 0 Å². The summed E-state index contributed by atoms with van der Waals surface area (Å²) in [5.74, 6) is 1.96. The van der Waals surface area contributed by atoms with E-state index in [0.717, 1.165) is 75.7 Å². The summed E-state index contributed by atoms with van der Waals surface area (Å²) in [6, 6.07) is 20.2. The Balaban J connectivity index is 1.31. The van der Waals surface area contributed by atoms with Crippen LogP contribution in [0.1, 0.15) is 40.9 Å². The molecule has 1 amide bonds. The van der Waals surface area contributed by atoms with Gasteiger partial charge in [0.1, 0.15) is 11.6 Å². The van der Waals surface area contributed by atoms with E-state index in [-0.39, 0.29) is 5.91 Å². The first-order valence-electron chi connectivity index (χ1n) is 12.6. The number of ether oxygens (including phenoxy) is 1. The number of para-hydroxylation sites is 2. The van der Waals surface area contributed by atoms with Crippen LogP contribution in [0.5, 0.6) is 5.75 Å². The summed E-state index contributed by atoms with van der Waals surface area (Å²) in [5.41, 5.74) is 6.41. The van der Waals surface area contributed by atoms with Crippen molar-refractivity contribution in [1.82, 2.24) is 14.9 Å². The molecule has 0 aliphatic heterocycles. The van der Waals surface area contributed by atoms with E-state index >= 15 is 0 Å². The molecule has 0 aliphatic rings. The minimum absolute atomic E-state index is 0.0580. The molecule has 0 spiro atoms. The lowest BCUT2D eigenvalue weighted by atomic mass is 10.1. The number of hydrogen-bond donors (Lipinski definition) is 1. The fourth-order valence-electron chi connectivity index (χ4n) is 4.49. The largest absolute Gasteiger partial charge is 0.494 e. The summed E-state index contributed by atoms with van der Waals surface area (Å²) >= 11 is 6.27. The summed E-state index contributed by atoms with van der Waals surface area (Å²) in [7, 11) is 0. The quantitative estimate of drug-likeness (QED) is 0.242. The Morgan fingerprint density at radius 2 is 1.69 bits per heavy atom. The van der Waals surface area contributed by atoms with Gasteiger partial charge in [-0.1, -0.05) is 48.0 Å². The monoisotopic (exact) mass is 503 g/mol. The van der Waals surface area contributed by atoms with Crippen LogP contribution in [0, 0.1) is 20.8 Å². The van der Waals surface area contributed by atoms with Crippen LogP contribution in [0.3, 0.4) is 0 Å². The van der Waals surface area contributed by atoms with Gasteiger partial charge in [-0.05, 0) is 80.1 Å². The molecule has 5 nitrogen and oxygen atoms in total. The number of carbonyl (C=O) groups excluding carboxylic acids is 1. The Kier molecular flexibility index (Phi) is 8.65. The molecule has 4 aromatic rings. The van der Waals surface area contributed by atoms with Gasteiger partial charge < -0.3 is 14.6 Å². The van der Waals surface area contributed by atoms with Crippen molar-refractivity contribution in [3.05, 3.63) is 93.8 Å². The molecule has 0 saturated heterocycles. The average Bonchev–Trinajstić information content (AvgIpc) is 3.21. The lowest BCUT2D eigenvalue weighted by Crippen LogP contribution is -2.26. The summed E-state index contributed by atoms with van der Waals surface area (Å²) in [6.45, 7) is 8.10. The minimum atomic E-state index is 0.0580. The van der Waals surface area contributed by atoms with Crippen LogP contribution in [0.4, 0.5) is 0 Å². The highest BCUT2D eigenvalue weighted by atomic mass is 35.5. The number of halogens is 1. The van der Waals surface area contributed by atoms with E-state index in [4.69, 9.17) is 21.3 Å². The second kappa shape index (κ2) is 12.1. The van der Waals surface area contributed by atoms with Crippen LogP contribution in [0.25, 0.3) is 11.0 Å². The number of aromatic nitrogens is 2. The maximum Gasteiger partial charge on any atom is 0.224 e. The fourth-order valence-corrected chi connectivity index (χ4v) is 4.60. The number of nitrogens with zero attached hydrogens (tertiary/aromatic N) is 2. The number of benzene rings is 3. The van der Waals surface area contributed by atoms with Gasteiger partial charge >= 0.3 is 0 Å². The van der Waals surface area contributed by atoms with E-state index in [2.05, 4.69) is 22.0 Å². The lowest BCUT2D eigenvalue weighted by molar-refractivity contribution is -0.120. The van der Waals surface area contributed by atoms with Crippen molar-refractivity contribution in [2.75, 3.05) is 13.2 Å². The first kappa shape index (κ1) is 25.8. The van der Waals surface area contributed by atoms with Gasteiger partial charge in [0.05, 0.1) is 24.1 Å². The van der Waals surface area contributed by atoms with Gasteiger partial charge in [-0.25, -0.2) is 4.98 Å². The zero-order chi connectivity index (χ0) is 25.5. The standard InChI is InChI=1S/C30H34ClN3O2/c1-21-10-4-5-11-24(21)20-29(35)32-15-8-14-28-33-26-12-6-7-13-27(26)34(28)16-9-17-36-25-18-22(2)30(31)23(3)19-25/h4-7,10-13,18-19H,8-9,14-17,20H2,1-3H3,(H,32,35). The zero-order valence-electron chi connectivity index (χ0n) is 21.3. The van der Waals surface area contributed by atoms with Crippen molar-refractivity contribution in [3.63, 3.8) is 0 Å². The molecule has 4 rings (SSSR count). The van der Waals surface area contributed by atoms with Crippen molar-refractivity contribution >= 4 is 28.5 Å². The highest BCUT2D eigenvalue weighted by Gasteiger charge is 2.11. The van der Waals surface area contributed by atoms with Crippen LogP contribution >= 0.6 is 11.6 Å². The van der Waals surface area contributed by atoms with Crippen LogP contribution in [0.15, 0.2) is 60.7 Å². The molecular weight excluding hydrogens is 470 g/mol. The predicted octanol–water partition coefficient (Wildman–Crippen LogP) is 6.38. The number of carbonyl (C=O) groups is 1. The molecule has 36 heavy (non-hydrogen) atoms. The summed E-state index contributed by atoms with van der Waals surface area (Å²) in [6.07, 6.45) is 2.91. The van der Waals surface area contributed by atoms with Gasteiger partial charge in [0.2, 0.25) is 5.91 Å². The molecule has 1 aromatic heterocycles. The number of fused-ring (bicyclic) bond motifs is 1. The number of rotatable bonds is 11. The topological polar surface area (TPSA) is 56.2 Å². The van der Waals surface area contributed by atoms with E-state index in [1.807, 2.05) is 69.3 Å². The molecule has 6 heteroatoms. The van der Waals surface area contributed by atoms with Gasteiger partial charge in [0.15, 0.2) is 0 Å².